The molecule has 0 aromatic heterocycles. The molecule has 1 amide bonds. The van der Waals surface area contributed by atoms with Crippen LogP contribution in [0, 0.1) is 5.92 Å². The molecular formula is C9H18N2O2. The number of hydrogen-bond donors (Lipinski definition) is 2. The first-order valence-electron chi connectivity index (χ1n) is 4.73. The van der Waals surface area contributed by atoms with Crippen LogP contribution in [-0.4, -0.2) is 24.8 Å². The predicted molar refractivity (Wildman–Crippen MR) is 50.3 cm³/mol. The van der Waals surface area contributed by atoms with E-state index in [1.807, 2.05) is 13.8 Å². The quantitative estimate of drug-likeness (QED) is 0.684. The Morgan fingerprint density at radius 3 is 2.62 bits per heavy atom. The summed E-state index contributed by atoms with van der Waals surface area (Å²) in [6.07, 6.45) is 1.61. The zero-order valence-electron chi connectivity index (χ0n) is 8.30. The van der Waals surface area contributed by atoms with E-state index in [1.54, 1.807) is 0 Å². The molecule has 0 saturated heterocycles. The third-order valence-electron chi connectivity index (χ3n) is 2.16. The third kappa shape index (κ3) is 3.22. The van der Waals surface area contributed by atoms with Crippen LogP contribution in [0.15, 0.2) is 0 Å². The summed E-state index contributed by atoms with van der Waals surface area (Å²) in [4.78, 5) is 11.2. The molecule has 1 aliphatic carbocycles. The zero-order valence-corrected chi connectivity index (χ0v) is 8.30. The fraction of sp³-hybridized carbons (Fsp3) is 0.889. The Hall–Kier alpha value is -0.770. The molecule has 0 aromatic carbocycles. The van der Waals surface area contributed by atoms with Crippen LogP contribution in [-0.2, 0) is 4.74 Å². The third-order valence-corrected chi connectivity index (χ3v) is 2.16. The molecule has 0 radical (unpaired) electrons. The molecule has 13 heavy (non-hydrogen) atoms. The highest BCUT2D eigenvalue weighted by atomic mass is 16.5. The molecule has 3 N–H and O–H groups in total. The maximum atomic E-state index is 11.2. The van der Waals surface area contributed by atoms with Crippen LogP contribution < -0.4 is 11.1 Å². The zero-order chi connectivity index (χ0) is 9.90. The van der Waals surface area contributed by atoms with Gasteiger partial charge >= 0.3 is 6.09 Å². The number of carbonyl (C=O) groups excluding carboxylic acids is 1. The summed E-state index contributed by atoms with van der Waals surface area (Å²) in [5.74, 6) is 0.374. The van der Waals surface area contributed by atoms with Crippen LogP contribution in [0.25, 0.3) is 0 Å². The van der Waals surface area contributed by atoms with Crippen molar-refractivity contribution in [2.45, 2.75) is 32.2 Å². The first-order chi connectivity index (χ1) is 6.08. The lowest BCUT2D eigenvalue weighted by atomic mass is 10.2. The maximum Gasteiger partial charge on any atom is 0.407 e. The Bertz CT molecular complexity index is 188. The van der Waals surface area contributed by atoms with Crippen LogP contribution in [0.3, 0.4) is 0 Å². The van der Waals surface area contributed by atoms with Crippen molar-refractivity contribution >= 4 is 6.09 Å². The first kappa shape index (κ1) is 10.3. The van der Waals surface area contributed by atoms with Crippen LogP contribution in [0.5, 0.6) is 0 Å². The maximum absolute atomic E-state index is 11.2. The highest BCUT2D eigenvalue weighted by Gasteiger charge is 2.43. The summed E-state index contributed by atoms with van der Waals surface area (Å²) in [6, 6.07) is 0. The molecular weight excluding hydrogens is 168 g/mol. The van der Waals surface area contributed by atoms with E-state index in [1.165, 1.54) is 0 Å². The Balaban J connectivity index is 2.18. The molecule has 4 heteroatoms. The van der Waals surface area contributed by atoms with Gasteiger partial charge in [0.15, 0.2) is 0 Å². The van der Waals surface area contributed by atoms with Crippen molar-refractivity contribution in [3.8, 4) is 0 Å². The molecule has 0 aromatic rings. The van der Waals surface area contributed by atoms with Crippen molar-refractivity contribution in [3.05, 3.63) is 0 Å². The fourth-order valence-corrected chi connectivity index (χ4v) is 1.03. The lowest BCUT2D eigenvalue weighted by Gasteiger charge is -2.15. The average Bonchev–Trinajstić information content (AvgIpc) is 2.82. The Morgan fingerprint density at radius 1 is 1.62 bits per heavy atom. The van der Waals surface area contributed by atoms with E-state index in [0.717, 1.165) is 12.8 Å². The summed E-state index contributed by atoms with van der Waals surface area (Å²) < 4.78 is 4.98. The number of amides is 1. The van der Waals surface area contributed by atoms with Gasteiger partial charge in [0.05, 0.1) is 12.1 Å². The van der Waals surface area contributed by atoms with E-state index < -0.39 is 0 Å². The molecule has 1 aliphatic rings. The Morgan fingerprint density at radius 2 is 2.23 bits per heavy atom. The van der Waals surface area contributed by atoms with Gasteiger partial charge in [0, 0.05) is 6.54 Å². The molecule has 0 atom stereocenters. The SMILES string of the molecule is CC(C)COC(=O)NC1(CN)CC1. The van der Waals surface area contributed by atoms with Gasteiger partial charge in [-0.1, -0.05) is 13.8 Å². The van der Waals surface area contributed by atoms with Gasteiger partial charge in [-0.15, -0.1) is 0 Å². The lowest BCUT2D eigenvalue weighted by Crippen LogP contribution is -2.42. The molecule has 4 nitrogen and oxygen atoms in total. The van der Waals surface area contributed by atoms with Crippen molar-refractivity contribution in [1.29, 1.82) is 0 Å². The number of ether oxygens (including phenoxy) is 1. The summed E-state index contributed by atoms with van der Waals surface area (Å²) in [7, 11) is 0. The van der Waals surface area contributed by atoms with Crippen molar-refractivity contribution in [2.24, 2.45) is 11.7 Å². The highest BCUT2D eigenvalue weighted by molar-refractivity contribution is 5.69. The Labute approximate surface area is 78.8 Å². The van der Waals surface area contributed by atoms with Gasteiger partial charge in [-0.05, 0) is 18.8 Å². The minimum atomic E-state index is -0.336. The molecule has 1 rings (SSSR count). The standard InChI is InChI=1S/C9H18N2O2/c1-7(2)5-13-8(12)11-9(6-10)3-4-9/h7H,3-6,10H2,1-2H3,(H,11,12). The van der Waals surface area contributed by atoms with E-state index in [2.05, 4.69) is 5.32 Å². The monoisotopic (exact) mass is 186 g/mol. The van der Waals surface area contributed by atoms with Crippen LogP contribution in [0.2, 0.25) is 0 Å². The lowest BCUT2D eigenvalue weighted by molar-refractivity contribution is 0.128. The van der Waals surface area contributed by atoms with Gasteiger partial charge in [-0.3, -0.25) is 0 Å². The van der Waals surface area contributed by atoms with Gasteiger partial charge in [0.2, 0.25) is 0 Å². The average molecular weight is 186 g/mol. The molecule has 0 aliphatic heterocycles. The minimum absolute atomic E-state index is 0.145. The molecule has 0 unspecified atom stereocenters. The molecule has 0 spiro atoms. The Kier molecular flexibility index (Phi) is 3.14. The largest absolute Gasteiger partial charge is 0.449 e. The number of hydrogen-bond acceptors (Lipinski definition) is 3. The number of alkyl carbamates (subject to hydrolysis) is 1. The van der Waals surface area contributed by atoms with Gasteiger partial charge in [-0.2, -0.15) is 0 Å². The number of carbonyl (C=O) groups is 1. The molecule has 1 saturated carbocycles. The summed E-state index contributed by atoms with van der Waals surface area (Å²) in [5.41, 5.74) is 5.36. The van der Waals surface area contributed by atoms with E-state index in [9.17, 15) is 4.79 Å². The van der Waals surface area contributed by atoms with Crippen molar-refractivity contribution < 1.29 is 9.53 Å². The molecule has 76 valence electrons. The smallest absolute Gasteiger partial charge is 0.407 e. The van der Waals surface area contributed by atoms with Gasteiger partial charge in [0.1, 0.15) is 0 Å². The van der Waals surface area contributed by atoms with Gasteiger partial charge < -0.3 is 15.8 Å². The molecule has 0 bridgehead atoms. The second-order valence-electron chi connectivity index (χ2n) is 4.10. The summed E-state index contributed by atoms with van der Waals surface area (Å²) >= 11 is 0. The highest BCUT2D eigenvalue weighted by Crippen LogP contribution is 2.33. The second-order valence-corrected chi connectivity index (χ2v) is 4.10. The van der Waals surface area contributed by atoms with Crippen molar-refractivity contribution in [2.75, 3.05) is 13.2 Å². The van der Waals surface area contributed by atoms with E-state index in [0.29, 0.717) is 19.1 Å². The molecule has 1 fully saturated rings. The van der Waals surface area contributed by atoms with Crippen molar-refractivity contribution in [3.63, 3.8) is 0 Å². The number of nitrogens with two attached hydrogens (primary N) is 1. The van der Waals surface area contributed by atoms with Gasteiger partial charge in [0.25, 0.3) is 0 Å². The van der Waals surface area contributed by atoms with Crippen molar-refractivity contribution in [1.82, 2.24) is 5.32 Å². The first-order valence-corrected chi connectivity index (χ1v) is 4.73. The van der Waals surface area contributed by atoms with E-state index >= 15 is 0 Å². The fourth-order valence-electron chi connectivity index (χ4n) is 1.03. The predicted octanol–water partition coefficient (Wildman–Crippen LogP) is 0.860. The van der Waals surface area contributed by atoms with Gasteiger partial charge in [-0.25, -0.2) is 4.79 Å². The van der Waals surface area contributed by atoms with E-state index in [4.69, 9.17) is 10.5 Å². The summed E-state index contributed by atoms with van der Waals surface area (Å²) in [5, 5.41) is 2.79. The second kappa shape index (κ2) is 3.96. The van der Waals surface area contributed by atoms with E-state index in [-0.39, 0.29) is 11.6 Å². The number of rotatable bonds is 4. The van der Waals surface area contributed by atoms with Crippen LogP contribution >= 0.6 is 0 Å². The number of nitrogens with one attached hydrogen (secondary N) is 1. The van der Waals surface area contributed by atoms with Crippen LogP contribution in [0.1, 0.15) is 26.7 Å². The molecule has 0 heterocycles. The van der Waals surface area contributed by atoms with Crippen LogP contribution in [0.4, 0.5) is 4.79 Å². The minimum Gasteiger partial charge on any atom is -0.449 e. The topological polar surface area (TPSA) is 64.3 Å². The normalized spacial score (nSPS) is 18.5. The summed E-state index contributed by atoms with van der Waals surface area (Å²) in [6.45, 7) is 4.97.